The second-order valence-corrected chi connectivity index (χ2v) is 4.75. The Kier molecular flexibility index (Phi) is 7.10. The first-order valence-electron chi connectivity index (χ1n) is 6.59. The highest BCUT2D eigenvalue weighted by Gasteiger charge is 2.12. The first kappa shape index (κ1) is 16.8. The molecule has 0 unspecified atom stereocenters. The van der Waals surface area contributed by atoms with Crippen molar-refractivity contribution in [3.8, 4) is 5.75 Å². The van der Waals surface area contributed by atoms with Gasteiger partial charge in [-0.2, -0.15) is 5.10 Å². The average molecular weight is 310 g/mol. The van der Waals surface area contributed by atoms with Gasteiger partial charge in [-0.05, 0) is 30.8 Å². The number of nitro groups is 1. The van der Waals surface area contributed by atoms with Gasteiger partial charge in [-0.15, -0.1) is 0 Å². The summed E-state index contributed by atoms with van der Waals surface area (Å²) in [6.07, 6.45) is 4.70. The van der Waals surface area contributed by atoms with E-state index in [4.69, 9.17) is 12.2 Å². The van der Waals surface area contributed by atoms with E-state index in [0.717, 1.165) is 25.8 Å². The number of phenolic OH excluding ortho intramolecular Hbond substituents is 1. The largest absolute Gasteiger partial charge is 0.502 e. The maximum atomic E-state index is 10.7. The van der Waals surface area contributed by atoms with E-state index >= 15 is 0 Å². The van der Waals surface area contributed by atoms with E-state index in [2.05, 4.69) is 22.8 Å². The lowest BCUT2D eigenvalue weighted by Crippen LogP contribution is -2.32. The van der Waals surface area contributed by atoms with Crippen LogP contribution in [0.1, 0.15) is 31.7 Å². The van der Waals surface area contributed by atoms with Crippen molar-refractivity contribution in [2.24, 2.45) is 5.10 Å². The topological polar surface area (TPSA) is 99.8 Å². The van der Waals surface area contributed by atoms with Gasteiger partial charge in [-0.1, -0.05) is 19.8 Å². The zero-order valence-electron chi connectivity index (χ0n) is 11.7. The summed E-state index contributed by atoms with van der Waals surface area (Å²) in [6, 6.07) is 4.00. The predicted molar refractivity (Wildman–Crippen MR) is 85.6 cm³/mol. The van der Waals surface area contributed by atoms with Crippen LogP contribution in [-0.4, -0.2) is 27.9 Å². The molecule has 0 aliphatic rings. The molecule has 0 fully saturated rings. The molecule has 0 spiro atoms. The average Bonchev–Trinajstić information content (AvgIpc) is 2.45. The van der Waals surface area contributed by atoms with Crippen LogP contribution < -0.4 is 10.7 Å². The van der Waals surface area contributed by atoms with Crippen LogP contribution in [0.25, 0.3) is 0 Å². The van der Waals surface area contributed by atoms with E-state index in [1.807, 2.05) is 0 Å². The minimum absolute atomic E-state index is 0.362. The Hall–Kier alpha value is -2.22. The Balaban J connectivity index is 2.48. The molecule has 7 nitrogen and oxygen atoms in total. The Bertz CT molecular complexity index is 534. The van der Waals surface area contributed by atoms with Crippen molar-refractivity contribution in [2.45, 2.75) is 26.2 Å². The molecule has 0 radical (unpaired) electrons. The minimum Gasteiger partial charge on any atom is -0.502 e. The maximum Gasteiger partial charge on any atom is 0.311 e. The molecule has 1 aromatic carbocycles. The number of nitrogens with one attached hydrogen (secondary N) is 2. The summed E-state index contributed by atoms with van der Waals surface area (Å²) in [5, 5.41) is 27.3. The first-order chi connectivity index (χ1) is 10.0. The van der Waals surface area contributed by atoms with E-state index in [-0.39, 0.29) is 11.4 Å². The molecule has 0 bridgehead atoms. The van der Waals surface area contributed by atoms with E-state index < -0.39 is 4.92 Å². The van der Waals surface area contributed by atoms with Gasteiger partial charge in [0, 0.05) is 18.2 Å². The lowest BCUT2D eigenvalue weighted by atomic mass is 10.2. The van der Waals surface area contributed by atoms with Gasteiger partial charge >= 0.3 is 5.69 Å². The molecule has 21 heavy (non-hydrogen) atoms. The minimum atomic E-state index is -0.653. The molecule has 0 aliphatic carbocycles. The third-order valence-electron chi connectivity index (χ3n) is 2.64. The predicted octanol–water partition coefficient (Wildman–Crippen LogP) is 2.29. The molecule has 0 heterocycles. The van der Waals surface area contributed by atoms with Gasteiger partial charge in [0.15, 0.2) is 10.9 Å². The van der Waals surface area contributed by atoms with Gasteiger partial charge < -0.3 is 10.4 Å². The third-order valence-corrected chi connectivity index (χ3v) is 2.88. The zero-order valence-corrected chi connectivity index (χ0v) is 12.5. The molecule has 114 valence electrons. The number of rotatable bonds is 7. The number of hydrogen-bond acceptors (Lipinski definition) is 5. The van der Waals surface area contributed by atoms with Gasteiger partial charge in [-0.25, -0.2) is 0 Å². The first-order valence-corrected chi connectivity index (χ1v) is 6.99. The number of hydrogen-bond donors (Lipinski definition) is 3. The molecule has 3 N–H and O–H groups in total. The van der Waals surface area contributed by atoms with Gasteiger partial charge in [0.25, 0.3) is 0 Å². The Labute approximate surface area is 128 Å². The SMILES string of the molecule is CCCCCNC(=S)N/N=C/c1ccc(O)c([N+](=O)[O-])c1. The number of nitro benzene ring substituents is 1. The lowest BCUT2D eigenvalue weighted by molar-refractivity contribution is -0.385. The zero-order chi connectivity index (χ0) is 15.7. The number of aromatic hydroxyl groups is 1. The summed E-state index contributed by atoms with van der Waals surface area (Å²) < 4.78 is 0. The van der Waals surface area contributed by atoms with E-state index in [1.165, 1.54) is 24.4 Å². The Morgan fingerprint density at radius 3 is 2.95 bits per heavy atom. The van der Waals surface area contributed by atoms with Crippen molar-refractivity contribution in [1.82, 2.24) is 10.7 Å². The molecular weight excluding hydrogens is 292 g/mol. The standard InChI is InChI=1S/C13H18N4O3S/c1-2-3-4-7-14-13(21)16-15-9-10-5-6-12(18)11(8-10)17(19)20/h5-6,8-9,18H,2-4,7H2,1H3,(H2,14,16,21)/b15-9+. The van der Waals surface area contributed by atoms with Crippen LogP contribution in [0.15, 0.2) is 23.3 Å². The highest BCUT2D eigenvalue weighted by Crippen LogP contribution is 2.25. The molecule has 0 aromatic heterocycles. The number of thiocarbonyl (C=S) groups is 1. The second kappa shape index (κ2) is 8.85. The van der Waals surface area contributed by atoms with Crippen LogP contribution >= 0.6 is 12.2 Å². The van der Waals surface area contributed by atoms with Gasteiger partial charge in [0.1, 0.15) is 0 Å². The molecule has 0 aliphatic heterocycles. The number of benzene rings is 1. The van der Waals surface area contributed by atoms with Crippen LogP contribution in [0, 0.1) is 10.1 Å². The summed E-state index contributed by atoms with van der Waals surface area (Å²) >= 11 is 5.02. The third kappa shape index (κ3) is 6.17. The molecule has 1 aromatic rings. The molecule has 0 atom stereocenters. The van der Waals surface area contributed by atoms with Gasteiger partial charge in [-0.3, -0.25) is 15.5 Å². The highest BCUT2D eigenvalue weighted by atomic mass is 32.1. The smallest absolute Gasteiger partial charge is 0.311 e. The number of phenols is 1. The fraction of sp³-hybridized carbons (Fsp3) is 0.385. The molecule has 8 heteroatoms. The van der Waals surface area contributed by atoms with Crippen molar-refractivity contribution in [3.63, 3.8) is 0 Å². The fourth-order valence-electron chi connectivity index (χ4n) is 1.55. The molecule has 0 amide bonds. The number of unbranched alkanes of at least 4 members (excludes halogenated alkanes) is 2. The number of hydrazone groups is 1. The molecule has 1 rings (SSSR count). The second-order valence-electron chi connectivity index (χ2n) is 4.34. The quantitative estimate of drug-likeness (QED) is 0.235. The normalized spacial score (nSPS) is 10.5. The van der Waals surface area contributed by atoms with Crippen LogP contribution in [0.2, 0.25) is 0 Å². The maximum absolute atomic E-state index is 10.7. The van der Waals surface area contributed by atoms with Crippen molar-refractivity contribution < 1.29 is 10.0 Å². The van der Waals surface area contributed by atoms with Gasteiger partial charge in [0.2, 0.25) is 0 Å². The molecule has 0 saturated heterocycles. The van der Waals surface area contributed by atoms with Gasteiger partial charge in [0.05, 0.1) is 11.1 Å². The van der Waals surface area contributed by atoms with Crippen molar-refractivity contribution in [1.29, 1.82) is 0 Å². The number of nitrogens with zero attached hydrogens (tertiary/aromatic N) is 2. The molecular formula is C13H18N4O3S. The van der Waals surface area contributed by atoms with E-state index in [1.54, 1.807) is 0 Å². The van der Waals surface area contributed by atoms with E-state index in [9.17, 15) is 15.2 Å². The molecule has 0 saturated carbocycles. The monoisotopic (exact) mass is 310 g/mol. The van der Waals surface area contributed by atoms with Crippen LogP contribution in [0.5, 0.6) is 5.75 Å². The summed E-state index contributed by atoms with van der Waals surface area (Å²) in [5.41, 5.74) is 2.75. The summed E-state index contributed by atoms with van der Waals surface area (Å²) in [5.74, 6) is -0.377. The summed E-state index contributed by atoms with van der Waals surface area (Å²) in [7, 11) is 0. The van der Waals surface area contributed by atoms with Crippen molar-refractivity contribution >= 4 is 29.2 Å². The Morgan fingerprint density at radius 2 is 2.29 bits per heavy atom. The summed E-state index contributed by atoms with van der Waals surface area (Å²) in [6.45, 7) is 2.90. The highest BCUT2D eigenvalue weighted by molar-refractivity contribution is 7.80. The van der Waals surface area contributed by atoms with Crippen LogP contribution in [0.3, 0.4) is 0 Å². The van der Waals surface area contributed by atoms with Crippen molar-refractivity contribution in [3.05, 3.63) is 33.9 Å². The Morgan fingerprint density at radius 1 is 1.52 bits per heavy atom. The van der Waals surface area contributed by atoms with Crippen LogP contribution in [0.4, 0.5) is 5.69 Å². The lowest BCUT2D eigenvalue weighted by Gasteiger charge is -2.05. The van der Waals surface area contributed by atoms with E-state index in [0.29, 0.717) is 10.7 Å². The van der Waals surface area contributed by atoms with Crippen LogP contribution in [-0.2, 0) is 0 Å². The van der Waals surface area contributed by atoms with Crippen molar-refractivity contribution in [2.75, 3.05) is 6.54 Å². The summed E-state index contributed by atoms with van der Waals surface area (Å²) in [4.78, 5) is 10.0. The fourth-order valence-corrected chi connectivity index (χ4v) is 1.70.